The summed E-state index contributed by atoms with van der Waals surface area (Å²) in [6, 6.07) is 14.5. The fraction of sp³-hybridized carbons (Fsp3) is 0.0588. The van der Waals surface area contributed by atoms with Crippen LogP contribution in [0.25, 0.3) is 11.8 Å². The number of carbonyl (C=O) groups excluding carboxylic acids is 1. The molecule has 1 N–H and O–H groups in total. The van der Waals surface area contributed by atoms with E-state index in [2.05, 4.69) is 20.8 Å². The van der Waals surface area contributed by atoms with E-state index in [1.54, 1.807) is 35.2 Å². The third-order valence-corrected chi connectivity index (χ3v) is 3.59. The van der Waals surface area contributed by atoms with Gasteiger partial charge in [0.15, 0.2) is 11.6 Å². The molecule has 6 nitrogen and oxygen atoms in total. The summed E-state index contributed by atoms with van der Waals surface area (Å²) in [5.41, 5.74) is 2.15. The van der Waals surface area contributed by atoms with Crippen LogP contribution in [0.15, 0.2) is 54.7 Å². The number of anilines is 1. The van der Waals surface area contributed by atoms with Crippen molar-refractivity contribution in [2.75, 3.05) is 5.32 Å². The predicted octanol–water partition coefficient (Wildman–Crippen LogP) is 3.60. The highest BCUT2D eigenvalue weighted by atomic mass is 35.5. The van der Waals surface area contributed by atoms with Gasteiger partial charge in [-0.15, -0.1) is 5.10 Å². The highest BCUT2D eigenvalue weighted by Gasteiger charge is 2.06. The molecule has 0 aliphatic heterocycles. The molecule has 3 aromatic rings. The third kappa shape index (κ3) is 3.49. The fourth-order valence-corrected chi connectivity index (χ4v) is 2.31. The molecule has 0 saturated carbocycles. The Morgan fingerprint density at radius 2 is 1.92 bits per heavy atom. The molecule has 0 aliphatic carbocycles. The Balaban J connectivity index is 1.81. The van der Waals surface area contributed by atoms with E-state index in [0.29, 0.717) is 16.4 Å². The lowest BCUT2D eigenvalue weighted by Crippen LogP contribution is -2.01. The van der Waals surface area contributed by atoms with Gasteiger partial charge in [-0.2, -0.15) is 4.68 Å². The van der Waals surface area contributed by atoms with Gasteiger partial charge in [-0.3, -0.25) is 4.79 Å². The van der Waals surface area contributed by atoms with Crippen molar-refractivity contribution >= 4 is 29.1 Å². The number of hydrogen-bond acceptors (Lipinski definition) is 5. The van der Waals surface area contributed by atoms with Gasteiger partial charge in [-0.05, 0) is 53.7 Å². The molecule has 2 aromatic carbocycles. The lowest BCUT2D eigenvalue weighted by molar-refractivity contribution is 0.101. The zero-order valence-corrected chi connectivity index (χ0v) is 13.6. The lowest BCUT2D eigenvalue weighted by atomic mass is 10.1. The van der Waals surface area contributed by atoms with Crippen LogP contribution in [-0.2, 0) is 0 Å². The maximum Gasteiger partial charge on any atom is 0.181 e. The molecule has 120 valence electrons. The van der Waals surface area contributed by atoms with Crippen LogP contribution in [0.2, 0.25) is 5.02 Å². The average Bonchev–Trinajstić information content (AvgIpc) is 3.04. The zero-order valence-electron chi connectivity index (χ0n) is 12.8. The van der Waals surface area contributed by atoms with Crippen LogP contribution in [-0.4, -0.2) is 26.0 Å². The first kappa shape index (κ1) is 15.9. The van der Waals surface area contributed by atoms with E-state index in [1.165, 1.54) is 6.92 Å². The minimum Gasteiger partial charge on any atom is -0.361 e. The number of nitrogens with one attached hydrogen (secondary N) is 1. The van der Waals surface area contributed by atoms with Gasteiger partial charge < -0.3 is 5.32 Å². The van der Waals surface area contributed by atoms with Crippen LogP contribution in [0.3, 0.4) is 0 Å². The van der Waals surface area contributed by atoms with Gasteiger partial charge in [-0.25, -0.2) is 0 Å². The largest absolute Gasteiger partial charge is 0.361 e. The lowest BCUT2D eigenvalue weighted by Gasteiger charge is -2.06. The maximum atomic E-state index is 11.6. The molecule has 0 fully saturated rings. The van der Waals surface area contributed by atoms with Crippen molar-refractivity contribution in [2.45, 2.75) is 6.92 Å². The van der Waals surface area contributed by atoms with Gasteiger partial charge in [0.25, 0.3) is 0 Å². The number of aromatic nitrogens is 4. The minimum absolute atomic E-state index is 0.00232. The number of ketones is 1. The average molecular weight is 340 g/mol. The van der Waals surface area contributed by atoms with E-state index in [-0.39, 0.29) is 5.78 Å². The molecule has 0 atom stereocenters. The third-order valence-electron chi connectivity index (χ3n) is 3.34. The number of tetrazole rings is 1. The number of hydrogen-bond donors (Lipinski definition) is 1. The Hall–Kier alpha value is -2.99. The topological polar surface area (TPSA) is 72.7 Å². The van der Waals surface area contributed by atoms with Crippen molar-refractivity contribution in [1.82, 2.24) is 20.2 Å². The highest BCUT2D eigenvalue weighted by Crippen LogP contribution is 2.16. The molecular formula is C17H14ClN5O. The van der Waals surface area contributed by atoms with Crippen LogP contribution in [0, 0.1) is 0 Å². The smallest absolute Gasteiger partial charge is 0.181 e. The number of Topliss-reactive ketones (excluding diaryl/α,β-unsaturated/α-hetero) is 1. The van der Waals surface area contributed by atoms with E-state index >= 15 is 0 Å². The summed E-state index contributed by atoms with van der Waals surface area (Å²) in [6.45, 7) is 1.53. The standard InChI is InChI=1S/C17H14ClN5O/c1-12(24)15-4-2-3-5-16(15)19-11-10-17-20-21-22-23(17)14-8-6-13(18)7-9-14/h2-11,19H,1H3/b11-10+. The molecule has 1 heterocycles. The number of para-hydroxylation sites is 1. The summed E-state index contributed by atoms with van der Waals surface area (Å²) in [5, 5.41) is 15.4. The van der Waals surface area contributed by atoms with Crippen molar-refractivity contribution in [3.05, 3.63) is 71.1 Å². The first-order valence-corrected chi connectivity index (χ1v) is 7.60. The summed E-state index contributed by atoms with van der Waals surface area (Å²) in [4.78, 5) is 11.6. The van der Waals surface area contributed by atoms with Crippen molar-refractivity contribution in [2.24, 2.45) is 0 Å². The van der Waals surface area contributed by atoms with E-state index in [1.807, 2.05) is 30.3 Å². The highest BCUT2D eigenvalue weighted by molar-refractivity contribution is 6.30. The summed E-state index contributed by atoms with van der Waals surface area (Å²) < 4.78 is 1.59. The molecule has 0 spiro atoms. The first-order chi connectivity index (χ1) is 11.6. The van der Waals surface area contributed by atoms with Gasteiger partial charge in [0.2, 0.25) is 0 Å². The van der Waals surface area contributed by atoms with Gasteiger partial charge in [-0.1, -0.05) is 23.7 Å². The Labute approximate surface area is 143 Å². The van der Waals surface area contributed by atoms with Crippen LogP contribution in [0.1, 0.15) is 23.1 Å². The molecule has 1 aromatic heterocycles. The van der Waals surface area contributed by atoms with Gasteiger partial charge in [0.05, 0.1) is 5.69 Å². The van der Waals surface area contributed by atoms with Gasteiger partial charge in [0.1, 0.15) is 0 Å². The monoisotopic (exact) mass is 339 g/mol. The molecule has 0 amide bonds. The van der Waals surface area contributed by atoms with Crippen molar-refractivity contribution < 1.29 is 4.79 Å². The number of benzene rings is 2. The Morgan fingerprint density at radius 3 is 2.67 bits per heavy atom. The van der Waals surface area contributed by atoms with E-state index < -0.39 is 0 Å². The Bertz CT molecular complexity index is 886. The summed E-state index contributed by atoms with van der Waals surface area (Å²) in [7, 11) is 0. The van der Waals surface area contributed by atoms with Crippen LogP contribution >= 0.6 is 11.6 Å². The molecule has 0 bridgehead atoms. The second-order valence-electron chi connectivity index (χ2n) is 5.00. The zero-order chi connectivity index (χ0) is 16.9. The molecule has 0 radical (unpaired) electrons. The minimum atomic E-state index is -0.00232. The van der Waals surface area contributed by atoms with Crippen LogP contribution in [0.5, 0.6) is 0 Å². The first-order valence-electron chi connectivity index (χ1n) is 7.22. The molecule has 0 saturated heterocycles. The quantitative estimate of drug-likeness (QED) is 0.719. The Morgan fingerprint density at radius 1 is 1.17 bits per heavy atom. The van der Waals surface area contributed by atoms with Gasteiger partial charge >= 0.3 is 0 Å². The number of halogens is 1. The Kier molecular flexibility index (Phi) is 4.67. The number of nitrogens with zero attached hydrogens (tertiary/aromatic N) is 4. The number of carbonyl (C=O) groups is 1. The summed E-state index contributed by atoms with van der Waals surface area (Å²) in [5.74, 6) is 0.544. The van der Waals surface area contributed by atoms with Crippen molar-refractivity contribution in [3.63, 3.8) is 0 Å². The molecule has 3 rings (SSSR count). The maximum absolute atomic E-state index is 11.6. The van der Waals surface area contributed by atoms with Crippen molar-refractivity contribution in [3.8, 4) is 5.69 Å². The van der Waals surface area contributed by atoms with E-state index in [0.717, 1.165) is 11.4 Å². The molecule has 7 heteroatoms. The SMILES string of the molecule is CC(=O)c1ccccc1N/C=C/c1nnnn1-c1ccc(Cl)cc1. The fourth-order valence-electron chi connectivity index (χ4n) is 2.19. The van der Waals surface area contributed by atoms with Crippen LogP contribution in [0.4, 0.5) is 5.69 Å². The number of rotatable bonds is 5. The normalized spacial score (nSPS) is 10.9. The van der Waals surface area contributed by atoms with Crippen LogP contribution < -0.4 is 5.32 Å². The van der Waals surface area contributed by atoms with E-state index in [4.69, 9.17) is 11.6 Å². The molecule has 0 aliphatic rings. The van der Waals surface area contributed by atoms with E-state index in [9.17, 15) is 4.79 Å². The summed E-state index contributed by atoms with van der Waals surface area (Å²) in [6.07, 6.45) is 3.42. The molecule has 24 heavy (non-hydrogen) atoms. The van der Waals surface area contributed by atoms with Gasteiger partial charge in [0, 0.05) is 28.5 Å². The van der Waals surface area contributed by atoms with Crippen molar-refractivity contribution in [1.29, 1.82) is 0 Å². The summed E-state index contributed by atoms with van der Waals surface area (Å²) >= 11 is 5.89. The molecule has 0 unspecified atom stereocenters. The second kappa shape index (κ2) is 7.06. The predicted molar refractivity (Wildman–Crippen MR) is 93.3 cm³/mol. The molecular weight excluding hydrogens is 326 g/mol. The second-order valence-corrected chi connectivity index (χ2v) is 5.44.